The summed E-state index contributed by atoms with van der Waals surface area (Å²) < 4.78 is 15.7. The SMILES string of the molecule is CCOC(=O)c1csc(CN(C(=O)c2c(OC)cccc2OC)C(C)C)n1. The van der Waals surface area contributed by atoms with Crippen LogP contribution in [-0.2, 0) is 11.3 Å². The summed E-state index contributed by atoms with van der Waals surface area (Å²) in [6, 6.07) is 5.11. The molecular weight excluding hydrogens is 368 g/mol. The third kappa shape index (κ3) is 4.77. The molecule has 1 amide bonds. The molecule has 0 aliphatic rings. The number of methoxy groups -OCH3 is 2. The normalized spacial score (nSPS) is 10.6. The molecule has 0 aliphatic carbocycles. The van der Waals surface area contributed by atoms with Gasteiger partial charge in [0.25, 0.3) is 5.91 Å². The lowest BCUT2D eigenvalue weighted by Gasteiger charge is -2.27. The molecular formula is C19H24N2O5S. The monoisotopic (exact) mass is 392 g/mol. The van der Waals surface area contributed by atoms with Gasteiger partial charge < -0.3 is 19.1 Å². The summed E-state index contributed by atoms with van der Waals surface area (Å²) in [7, 11) is 3.02. The van der Waals surface area contributed by atoms with E-state index in [9.17, 15) is 9.59 Å². The molecule has 27 heavy (non-hydrogen) atoms. The Hall–Kier alpha value is -2.61. The molecule has 0 bridgehead atoms. The van der Waals surface area contributed by atoms with Gasteiger partial charge in [0.1, 0.15) is 22.1 Å². The molecule has 146 valence electrons. The van der Waals surface area contributed by atoms with Gasteiger partial charge in [0, 0.05) is 11.4 Å². The van der Waals surface area contributed by atoms with Gasteiger partial charge in [0.2, 0.25) is 0 Å². The Balaban J connectivity index is 2.31. The Morgan fingerprint density at radius 3 is 2.33 bits per heavy atom. The summed E-state index contributed by atoms with van der Waals surface area (Å²) in [5, 5.41) is 2.29. The van der Waals surface area contributed by atoms with E-state index in [1.807, 2.05) is 13.8 Å². The highest BCUT2D eigenvalue weighted by Crippen LogP contribution is 2.31. The number of hydrogen-bond donors (Lipinski definition) is 0. The lowest BCUT2D eigenvalue weighted by atomic mass is 10.1. The number of benzene rings is 1. The molecule has 0 atom stereocenters. The molecule has 0 N–H and O–H groups in total. The Bertz CT molecular complexity index is 781. The van der Waals surface area contributed by atoms with Crippen LogP contribution < -0.4 is 9.47 Å². The second-order valence-corrected chi connectivity index (χ2v) is 6.85. The lowest BCUT2D eigenvalue weighted by Crippen LogP contribution is -2.36. The van der Waals surface area contributed by atoms with Crippen LogP contribution in [0, 0.1) is 0 Å². The first-order valence-electron chi connectivity index (χ1n) is 8.56. The van der Waals surface area contributed by atoms with E-state index in [4.69, 9.17) is 14.2 Å². The van der Waals surface area contributed by atoms with E-state index in [0.29, 0.717) is 22.1 Å². The third-order valence-corrected chi connectivity index (χ3v) is 4.70. The third-order valence-electron chi connectivity index (χ3n) is 3.87. The van der Waals surface area contributed by atoms with Crippen molar-refractivity contribution in [2.75, 3.05) is 20.8 Å². The summed E-state index contributed by atoms with van der Waals surface area (Å²) in [6.07, 6.45) is 0. The Morgan fingerprint density at radius 1 is 1.19 bits per heavy atom. The van der Waals surface area contributed by atoms with Crippen LogP contribution >= 0.6 is 11.3 Å². The van der Waals surface area contributed by atoms with E-state index < -0.39 is 5.97 Å². The maximum absolute atomic E-state index is 13.2. The van der Waals surface area contributed by atoms with E-state index in [0.717, 1.165) is 0 Å². The Kier molecular flexibility index (Phi) is 7.18. The maximum atomic E-state index is 13.2. The van der Waals surface area contributed by atoms with Gasteiger partial charge >= 0.3 is 5.97 Å². The highest BCUT2D eigenvalue weighted by Gasteiger charge is 2.27. The van der Waals surface area contributed by atoms with E-state index >= 15 is 0 Å². The second-order valence-electron chi connectivity index (χ2n) is 5.91. The van der Waals surface area contributed by atoms with Crippen molar-refractivity contribution in [1.29, 1.82) is 0 Å². The van der Waals surface area contributed by atoms with Crippen molar-refractivity contribution in [3.63, 3.8) is 0 Å². The molecule has 0 radical (unpaired) electrons. The zero-order valence-electron chi connectivity index (χ0n) is 16.1. The minimum absolute atomic E-state index is 0.0953. The average Bonchev–Trinajstić information content (AvgIpc) is 3.13. The molecule has 8 heteroatoms. The van der Waals surface area contributed by atoms with Gasteiger partial charge in [0.15, 0.2) is 5.69 Å². The highest BCUT2D eigenvalue weighted by atomic mass is 32.1. The first-order valence-corrected chi connectivity index (χ1v) is 9.44. The number of carbonyl (C=O) groups is 2. The molecule has 0 unspecified atom stereocenters. The highest BCUT2D eigenvalue weighted by molar-refractivity contribution is 7.09. The minimum atomic E-state index is -0.464. The molecule has 2 rings (SSSR count). The van der Waals surface area contributed by atoms with Crippen molar-refractivity contribution in [1.82, 2.24) is 9.88 Å². The summed E-state index contributed by atoms with van der Waals surface area (Å²) >= 11 is 1.31. The number of amides is 1. The van der Waals surface area contributed by atoms with Crippen LogP contribution in [0.3, 0.4) is 0 Å². The molecule has 0 saturated heterocycles. The lowest BCUT2D eigenvalue weighted by molar-refractivity contribution is 0.0520. The predicted octanol–water partition coefficient (Wildman–Crippen LogP) is 3.39. The fourth-order valence-electron chi connectivity index (χ4n) is 2.52. The largest absolute Gasteiger partial charge is 0.496 e. The number of hydrogen-bond acceptors (Lipinski definition) is 7. The van der Waals surface area contributed by atoms with Gasteiger partial charge in [-0.2, -0.15) is 0 Å². The Morgan fingerprint density at radius 2 is 1.81 bits per heavy atom. The van der Waals surface area contributed by atoms with E-state index in [1.165, 1.54) is 25.6 Å². The quantitative estimate of drug-likeness (QED) is 0.641. The van der Waals surface area contributed by atoms with Crippen molar-refractivity contribution in [3.05, 3.63) is 39.8 Å². The van der Waals surface area contributed by atoms with Crippen LogP contribution in [0.4, 0.5) is 0 Å². The molecule has 1 heterocycles. The number of carbonyl (C=O) groups excluding carboxylic acids is 2. The number of ether oxygens (including phenoxy) is 3. The molecule has 0 saturated carbocycles. The van der Waals surface area contributed by atoms with Gasteiger partial charge in [-0.3, -0.25) is 4.79 Å². The molecule has 1 aromatic heterocycles. The van der Waals surface area contributed by atoms with Crippen molar-refractivity contribution < 1.29 is 23.8 Å². The number of nitrogens with zero attached hydrogens (tertiary/aromatic N) is 2. The topological polar surface area (TPSA) is 78.0 Å². The zero-order chi connectivity index (χ0) is 20.0. The van der Waals surface area contributed by atoms with Gasteiger partial charge in [-0.1, -0.05) is 6.07 Å². The maximum Gasteiger partial charge on any atom is 0.357 e. The van der Waals surface area contributed by atoms with Gasteiger partial charge in [-0.05, 0) is 32.9 Å². The minimum Gasteiger partial charge on any atom is -0.496 e. The predicted molar refractivity (Wildman–Crippen MR) is 103 cm³/mol. The van der Waals surface area contributed by atoms with Crippen molar-refractivity contribution in [3.8, 4) is 11.5 Å². The molecule has 2 aromatic rings. The van der Waals surface area contributed by atoms with Crippen LogP contribution in [0.5, 0.6) is 11.5 Å². The van der Waals surface area contributed by atoms with Crippen molar-refractivity contribution >= 4 is 23.2 Å². The van der Waals surface area contributed by atoms with Gasteiger partial charge in [-0.15, -0.1) is 11.3 Å². The van der Waals surface area contributed by atoms with Crippen LogP contribution in [-0.4, -0.2) is 48.6 Å². The summed E-state index contributed by atoms with van der Waals surface area (Å²) in [5.41, 5.74) is 0.612. The van der Waals surface area contributed by atoms with Crippen LogP contribution in [0.1, 0.15) is 46.6 Å². The number of aromatic nitrogens is 1. The molecule has 7 nitrogen and oxygen atoms in total. The average molecular weight is 392 g/mol. The molecule has 1 aromatic carbocycles. The Labute approximate surface area is 162 Å². The van der Waals surface area contributed by atoms with Crippen molar-refractivity contribution in [2.45, 2.75) is 33.4 Å². The summed E-state index contributed by atoms with van der Waals surface area (Å²) in [5.74, 6) is 0.189. The van der Waals surface area contributed by atoms with Crippen molar-refractivity contribution in [2.24, 2.45) is 0 Å². The fraction of sp³-hybridized carbons (Fsp3) is 0.421. The van der Waals surface area contributed by atoms with Crippen LogP contribution in [0.2, 0.25) is 0 Å². The summed E-state index contributed by atoms with van der Waals surface area (Å²) in [4.78, 5) is 31.0. The molecule has 0 spiro atoms. The smallest absolute Gasteiger partial charge is 0.357 e. The fourth-order valence-corrected chi connectivity index (χ4v) is 3.28. The van der Waals surface area contributed by atoms with Gasteiger partial charge in [0.05, 0.1) is 27.4 Å². The van der Waals surface area contributed by atoms with E-state index in [2.05, 4.69) is 4.98 Å². The van der Waals surface area contributed by atoms with Gasteiger partial charge in [-0.25, -0.2) is 9.78 Å². The number of thiazole rings is 1. The van der Waals surface area contributed by atoms with Crippen LogP contribution in [0.15, 0.2) is 23.6 Å². The molecule has 0 aliphatic heterocycles. The molecule has 0 fully saturated rings. The zero-order valence-corrected chi connectivity index (χ0v) is 17.0. The second kappa shape index (κ2) is 9.36. The van der Waals surface area contributed by atoms with Crippen LogP contribution in [0.25, 0.3) is 0 Å². The first-order chi connectivity index (χ1) is 12.9. The van der Waals surface area contributed by atoms with E-state index in [1.54, 1.807) is 35.4 Å². The summed E-state index contributed by atoms with van der Waals surface area (Å²) in [6.45, 7) is 6.13. The van der Waals surface area contributed by atoms with E-state index in [-0.39, 0.29) is 30.8 Å². The number of esters is 1. The number of rotatable bonds is 8. The standard InChI is InChI=1S/C19H24N2O5S/c1-6-26-19(23)13-11-27-16(20-13)10-21(12(2)3)18(22)17-14(24-4)8-7-9-15(17)25-5/h7-9,11-12H,6,10H2,1-5H3. The first kappa shape index (κ1) is 20.7.